The second-order valence-corrected chi connectivity index (χ2v) is 10.8. The van der Waals surface area contributed by atoms with E-state index in [1.165, 1.54) is 0 Å². The first-order valence-electron chi connectivity index (χ1n) is 11.2. The van der Waals surface area contributed by atoms with Crippen LogP contribution < -0.4 is 0 Å². The summed E-state index contributed by atoms with van der Waals surface area (Å²) in [6.07, 6.45) is 6.14. The minimum absolute atomic E-state index is 0.0540. The number of aliphatic hydroxyl groups excluding tert-OH is 1. The lowest BCUT2D eigenvalue weighted by atomic mass is 9.49. The molecule has 3 aliphatic carbocycles. The zero-order valence-electron chi connectivity index (χ0n) is 17.7. The molecule has 1 aromatic carbocycles. The molecule has 0 bridgehead atoms. The van der Waals surface area contributed by atoms with Gasteiger partial charge in [-0.2, -0.15) is 0 Å². The summed E-state index contributed by atoms with van der Waals surface area (Å²) in [6, 6.07) is 7.63. The number of rotatable bonds is 2. The second kappa shape index (κ2) is 6.93. The van der Waals surface area contributed by atoms with Crippen LogP contribution in [0.25, 0.3) is 0 Å². The van der Waals surface area contributed by atoms with Crippen LogP contribution in [-0.4, -0.2) is 27.8 Å². The van der Waals surface area contributed by atoms with Crippen LogP contribution in [0.4, 0.5) is 0 Å². The number of likely N-dealkylation sites (tertiary alicyclic amines) is 1. The van der Waals surface area contributed by atoms with Crippen molar-refractivity contribution in [1.82, 2.24) is 4.90 Å². The van der Waals surface area contributed by atoms with E-state index in [0.717, 1.165) is 36.9 Å². The predicted molar refractivity (Wildman–Crippen MR) is 115 cm³/mol. The molecule has 1 heterocycles. The van der Waals surface area contributed by atoms with Gasteiger partial charge in [0.2, 0.25) is 5.91 Å². The molecule has 0 aromatic heterocycles. The van der Waals surface area contributed by atoms with Gasteiger partial charge in [-0.25, -0.2) is 0 Å². The van der Waals surface area contributed by atoms with Crippen molar-refractivity contribution in [2.24, 2.45) is 28.6 Å². The van der Waals surface area contributed by atoms with E-state index in [-0.39, 0.29) is 40.5 Å². The molecule has 160 valence electrons. The number of piperidine rings is 1. The lowest BCUT2D eigenvalue weighted by Gasteiger charge is -2.57. The number of amides is 1. The summed E-state index contributed by atoms with van der Waals surface area (Å²) in [5.74, 6) is 1.02. The molecule has 0 spiro atoms. The molecule has 3 fully saturated rings. The Bertz CT molecular complexity index is 925. The number of carbonyl (C=O) groups is 2. The Labute approximate surface area is 183 Å². The van der Waals surface area contributed by atoms with E-state index in [1.807, 2.05) is 29.2 Å². The lowest BCUT2D eigenvalue weighted by molar-refractivity contribution is -0.152. The standard InChI is InChI=1S/C25H30ClNO3/c1-24-12-11-22(30)27(14-15-3-5-16(26)6-4-15)20(24)9-7-17-18-8-10-21(29)25(18,2)13-19(28)23(17)24/h3-6,9,17-18,21,23,29H,7-8,10-14H2,1-2H3/t17-,18-,21?,23+,24-,25-/m0/s1. The highest BCUT2D eigenvalue weighted by atomic mass is 35.5. The predicted octanol–water partition coefficient (Wildman–Crippen LogP) is 4.74. The van der Waals surface area contributed by atoms with Crippen LogP contribution in [0.5, 0.6) is 0 Å². The third-order valence-corrected chi connectivity index (χ3v) is 9.02. The molecule has 1 amide bonds. The van der Waals surface area contributed by atoms with Crippen molar-refractivity contribution in [2.75, 3.05) is 0 Å². The first-order valence-corrected chi connectivity index (χ1v) is 11.6. The average Bonchev–Trinajstić information content (AvgIpc) is 3.00. The molecular weight excluding hydrogens is 398 g/mol. The number of ketones is 1. The summed E-state index contributed by atoms with van der Waals surface area (Å²) in [7, 11) is 0. The van der Waals surface area contributed by atoms with Crippen molar-refractivity contribution in [1.29, 1.82) is 0 Å². The number of nitrogens with zero attached hydrogens (tertiary/aromatic N) is 1. The van der Waals surface area contributed by atoms with E-state index in [9.17, 15) is 14.7 Å². The van der Waals surface area contributed by atoms with E-state index < -0.39 is 0 Å². The first-order chi connectivity index (χ1) is 14.2. The molecule has 2 saturated carbocycles. The number of fused-ring (bicyclic) bond motifs is 5. The minimum atomic E-state index is -0.375. The summed E-state index contributed by atoms with van der Waals surface area (Å²) in [4.78, 5) is 28.3. The molecule has 0 radical (unpaired) electrons. The van der Waals surface area contributed by atoms with E-state index in [1.54, 1.807) is 0 Å². The Kier molecular flexibility index (Phi) is 4.68. The number of carbonyl (C=O) groups excluding carboxylic acids is 2. The number of allylic oxidation sites excluding steroid dienone is 2. The Morgan fingerprint density at radius 2 is 1.90 bits per heavy atom. The molecule has 1 unspecified atom stereocenters. The summed E-state index contributed by atoms with van der Waals surface area (Å²) < 4.78 is 0. The Morgan fingerprint density at radius 1 is 1.17 bits per heavy atom. The fourth-order valence-corrected chi connectivity index (χ4v) is 7.33. The highest BCUT2D eigenvalue weighted by molar-refractivity contribution is 6.30. The molecule has 1 aromatic rings. The number of Topliss-reactive ketones (excluding diaryl/α,β-unsaturated/α-hetero) is 1. The van der Waals surface area contributed by atoms with Gasteiger partial charge in [-0.05, 0) is 55.2 Å². The highest BCUT2D eigenvalue weighted by Crippen LogP contribution is 2.63. The smallest absolute Gasteiger partial charge is 0.227 e. The van der Waals surface area contributed by atoms with Crippen LogP contribution in [0.3, 0.4) is 0 Å². The van der Waals surface area contributed by atoms with Crippen molar-refractivity contribution in [3.8, 4) is 0 Å². The molecule has 5 rings (SSSR count). The third kappa shape index (κ3) is 2.83. The molecular formula is C25H30ClNO3. The second-order valence-electron chi connectivity index (χ2n) is 10.3. The zero-order chi connectivity index (χ0) is 21.3. The first kappa shape index (κ1) is 20.3. The van der Waals surface area contributed by atoms with Gasteiger partial charge < -0.3 is 10.0 Å². The zero-order valence-corrected chi connectivity index (χ0v) is 18.5. The molecule has 4 aliphatic rings. The molecule has 1 N–H and O–H groups in total. The third-order valence-electron chi connectivity index (χ3n) is 8.77. The topological polar surface area (TPSA) is 57.6 Å². The number of hydrogen-bond acceptors (Lipinski definition) is 3. The van der Waals surface area contributed by atoms with Gasteiger partial charge in [0.1, 0.15) is 5.78 Å². The van der Waals surface area contributed by atoms with Gasteiger partial charge >= 0.3 is 0 Å². The van der Waals surface area contributed by atoms with Crippen molar-refractivity contribution in [3.05, 3.63) is 46.6 Å². The molecule has 4 nitrogen and oxygen atoms in total. The lowest BCUT2D eigenvalue weighted by Crippen LogP contribution is -2.57. The van der Waals surface area contributed by atoms with Gasteiger partial charge in [0, 0.05) is 40.3 Å². The van der Waals surface area contributed by atoms with Crippen LogP contribution in [0, 0.1) is 28.6 Å². The molecule has 5 heteroatoms. The van der Waals surface area contributed by atoms with Crippen molar-refractivity contribution < 1.29 is 14.7 Å². The monoisotopic (exact) mass is 427 g/mol. The van der Waals surface area contributed by atoms with Gasteiger partial charge in [0.15, 0.2) is 0 Å². The van der Waals surface area contributed by atoms with Crippen LogP contribution >= 0.6 is 11.6 Å². The van der Waals surface area contributed by atoms with Gasteiger partial charge in [0.05, 0.1) is 12.6 Å². The summed E-state index contributed by atoms with van der Waals surface area (Å²) in [5, 5.41) is 11.3. The van der Waals surface area contributed by atoms with Crippen LogP contribution in [0.1, 0.15) is 57.9 Å². The Balaban J connectivity index is 1.51. The maximum absolute atomic E-state index is 13.5. The number of halogens is 1. The SMILES string of the molecule is C[C@]12CCC(=O)N(Cc3ccc(Cl)cc3)C1=CC[C@@H]1[C@@H]2C(=O)C[C@]2(C)C(O)CC[C@@H]12. The van der Waals surface area contributed by atoms with E-state index in [4.69, 9.17) is 11.6 Å². The number of benzene rings is 1. The van der Waals surface area contributed by atoms with Crippen molar-refractivity contribution in [2.45, 2.75) is 65.0 Å². The minimum Gasteiger partial charge on any atom is -0.393 e. The number of aliphatic hydroxyl groups is 1. The Hall–Kier alpha value is -1.65. The molecule has 1 saturated heterocycles. The van der Waals surface area contributed by atoms with E-state index in [2.05, 4.69) is 19.9 Å². The summed E-state index contributed by atoms with van der Waals surface area (Å²) >= 11 is 6.03. The van der Waals surface area contributed by atoms with Gasteiger partial charge in [0.25, 0.3) is 0 Å². The Morgan fingerprint density at radius 3 is 2.63 bits per heavy atom. The van der Waals surface area contributed by atoms with Gasteiger partial charge in [-0.1, -0.05) is 43.7 Å². The van der Waals surface area contributed by atoms with Crippen LogP contribution in [0.15, 0.2) is 36.0 Å². The number of hydrogen-bond donors (Lipinski definition) is 1. The summed E-state index contributed by atoms with van der Waals surface area (Å²) in [6.45, 7) is 4.83. The van der Waals surface area contributed by atoms with Gasteiger partial charge in [-0.15, -0.1) is 0 Å². The fourth-order valence-electron chi connectivity index (χ4n) is 7.20. The maximum Gasteiger partial charge on any atom is 0.227 e. The quantitative estimate of drug-likeness (QED) is 0.741. The van der Waals surface area contributed by atoms with Gasteiger partial charge in [-0.3, -0.25) is 9.59 Å². The molecule has 30 heavy (non-hydrogen) atoms. The molecule has 6 atom stereocenters. The highest BCUT2D eigenvalue weighted by Gasteiger charge is 2.62. The largest absolute Gasteiger partial charge is 0.393 e. The van der Waals surface area contributed by atoms with Crippen LogP contribution in [-0.2, 0) is 16.1 Å². The maximum atomic E-state index is 13.5. The fraction of sp³-hybridized carbons (Fsp3) is 0.600. The summed E-state index contributed by atoms with van der Waals surface area (Å²) in [5.41, 5.74) is 1.48. The van der Waals surface area contributed by atoms with E-state index >= 15 is 0 Å². The van der Waals surface area contributed by atoms with Crippen molar-refractivity contribution >= 4 is 23.3 Å². The van der Waals surface area contributed by atoms with Crippen molar-refractivity contribution in [3.63, 3.8) is 0 Å². The van der Waals surface area contributed by atoms with Crippen LogP contribution in [0.2, 0.25) is 5.02 Å². The molecule has 1 aliphatic heterocycles. The average molecular weight is 428 g/mol. The normalized spacial score (nSPS) is 40.5. The van der Waals surface area contributed by atoms with E-state index in [0.29, 0.717) is 30.3 Å².